The third-order valence-corrected chi connectivity index (χ3v) is 2.66. The van der Waals surface area contributed by atoms with Crippen LogP contribution in [0, 0.1) is 0 Å². The molecule has 0 fully saturated rings. The molecule has 0 aromatic heterocycles. The highest BCUT2D eigenvalue weighted by Gasteiger charge is 2.10. The molecule has 1 heterocycles. The second-order valence-corrected chi connectivity index (χ2v) is 3.77. The largest absolute Gasteiger partial charge is 0.375 e. The van der Waals surface area contributed by atoms with E-state index in [4.69, 9.17) is 0 Å². The second-order valence-electron chi connectivity index (χ2n) is 2.76. The Morgan fingerprint density at radius 3 is 3.08 bits per heavy atom. The fraction of sp³-hybridized carbons (Fsp3) is 0.273. The second kappa shape index (κ2) is 5.70. The molecular weight excluding hydrogens is 178 g/mol. The van der Waals surface area contributed by atoms with Crippen molar-refractivity contribution in [3.8, 4) is 0 Å². The van der Waals surface area contributed by atoms with Gasteiger partial charge in [-0.25, -0.2) is 0 Å². The average Bonchev–Trinajstić information content (AvgIpc) is 2.65. The van der Waals surface area contributed by atoms with Crippen molar-refractivity contribution in [1.29, 1.82) is 0 Å². The Bertz CT molecular complexity index is 243. The smallest absolute Gasteiger partial charge is 0.101 e. The summed E-state index contributed by atoms with van der Waals surface area (Å²) < 4.78 is 0. The maximum absolute atomic E-state index is 3.99. The molecule has 1 atom stereocenters. The predicted octanol–water partition coefficient (Wildman–Crippen LogP) is 3.20. The summed E-state index contributed by atoms with van der Waals surface area (Å²) in [5.74, 6) is 0. The van der Waals surface area contributed by atoms with Crippen LogP contribution in [-0.4, -0.2) is 5.37 Å². The van der Waals surface area contributed by atoms with E-state index in [0.29, 0.717) is 5.37 Å². The number of nitrogens with one attached hydrogen (secondary N) is 1. The molecule has 1 unspecified atom stereocenters. The molecule has 0 saturated heterocycles. The van der Waals surface area contributed by atoms with Crippen molar-refractivity contribution in [2.45, 2.75) is 18.7 Å². The van der Waals surface area contributed by atoms with Gasteiger partial charge in [0.15, 0.2) is 0 Å². The van der Waals surface area contributed by atoms with E-state index in [1.807, 2.05) is 23.8 Å². The molecule has 0 spiro atoms. The topological polar surface area (TPSA) is 12.0 Å². The van der Waals surface area contributed by atoms with Gasteiger partial charge in [-0.15, -0.1) is 11.8 Å². The Labute approximate surface area is 84.3 Å². The van der Waals surface area contributed by atoms with Crippen LogP contribution in [0.3, 0.4) is 0 Å². The molecule has 0 radical (unpaired) electrons. The minimum absolute atomic E-state index is 0.325. The summed E-state index contributed by atoms with van der Waals surface area (Å²) in [6.07, 6.45) is 11.3. The molecule has 1 nitrogen and oxygen atoms in total. The zero-order valence-corrected chi connectivity index (χ0v) is 8.68. The fourth-order valence-corrected chi connectivity index (χ4v) is 1.68. The van der Waals surface area contributed by atoms with Gasteiger partial charge < -0.3 is 5.32 Å². The monoisotopic (exact) mass is 193 g/mol. The number of hydrogen-bond acceptors (Lipinski definition) is 2. The van der Waals surface area contributed by atoms with E-state index in [9.17, 15) is 0 Å². The SMILES string of the molecule is C=C(/C=C\C=C/CC)C1NC=CS1. The molecule has 13 heavy (non-hydrogen) atoms. The van der Waals surface area contributed by atoms with Crippen LogP contribution in [0.2, 0.25) is 0 Å². The van der Waals surface area contributed by atoms with Crippen LogP contribution in [0.5, 0.6) is 0 Å². The van der Waals surface area contributed by atoms with Crippen molar-refractivity contribution < 1.29 is 0 Å². The summed E-state index contributed by atoms with van der Waals surface area (Å²) in [5.41, 5.74) is 1.11. The van der Waals surface area contributed by atoms with E-state index in [1.165, 1.54) is 0 Å². The van der Waals surface area contributed by atoms with Gasteiger partial charge >= 0.3 is 0 Å². The lowest BCUT2D eigenvalue weighted by molar-refractivity contribution is 0.917. The molecule has 0 saturated carbocycles. The lowest BCUT2D eigenvalue weighted by atomic mass is 10.2. The zero-order chi connectivity index (χ0) is 9.52. The number of allylic oxidation sites excluding steroid dienone is 3. The summed E-state index contributed by atoms with van der Waals surface area (Å²) in [5, 5.41) is 5.58. The fourth-order valence-electron chi connectivity index (χ4n) is 0.959. The normalized spacial score (nSPS) is 21.5. The lowest BCUT2D eigenvalue weighted by Gasteiger charge is -2.08. The van der Waals surface area contributed by atoms with Crippen LogP contribution in [0.25, 0.3) is 0 Å². The third kappa shape index (κ3) is 3.55. The van der Waals surface area contributed by atoms with Crippen LogP contribution in [0.15, 0.2) is 48.1 Å². The maximum atomic E-state index is 3.99. The lowest BCUT2D eigenvalue weighted by Crippen LogP contribution is -2.16. The maximum Gasteiger partial charge on any atom is 0.101 e. The first-order chi connectivity index (χ1) is 6.34. The third-order valence-electron chi connectivity index (χ3n) is 1.66. The van der Waals surface area contributed by atoms with Crippen molar-refractivity contribution in [3.05, 3.63) is 48.1 Å². The molecule has 1 rings (SSSR count). The summed E-state index contributed by atoms with van der Waals surface area (Å²) in [6, 6.07) is 0. The van der Waals surface area contributed by atoms with Crippen molar-refractivity contribution in [3.63, 3.8) is 0 Å². The van der Waals surface area contributed by atoms with Gasteiger partial charge in [-0.3, -0.25) is 0 Å². The first-order valence-electron chi connectivity index (χ1n) is 4.43. The van der Waals surface area contributed by atoms with Gasteiger partial charge in [-0.1, -0.05) is 37.8 Å². The quantitative estimate of drug-likeness (QED) is 0.688. The summed E-state index contributed by atoms with van der Waals surface area (Å²) in [6.45, 7) is 6.11. The molecule has 0 aromatic rings. The molecule has 0 aliphatic carbocycles. The van der Waals surface area contributed by atoms with Gasteiger partial charge in [0, 0.05) is 6.20 Å². The summed E-state index contributed by atoms with van der Waals surface area (Å²) >= 11 is 1.75. The van der Waals surface area contributed by atoms with Gasteiger partial charge in [0.1, 0.15) is 5.37 Å². The predicted molar refractivity (Wildman–Crippen MR) is 61.4 cm³/mol. The van der Waals surface area contributed by atoms with E-state index in [2.05, 4.69) is 31.0 Å². The van der Waals surface area contributed by atoms with Crippen LogP contribution >= 0.6 is 11.8 Å². The zero-order valence-electron chi connectivity index (χ0n) is 7.86. The first-order valence-corrected chi connectivity index (χ1v) is 5.37. The van der Waals surface area contributed by atoms with Crippen molar-refractivity contribution in [2.24, 2.45) is 0 Å². The Morgan fingerprint density at radius 1 is 1.62 bits per heavy atom. The van der Waals surface area contributed by atoms with Crippen LogP contribution < -0.4 is 5.32 Å². The van der Waals surface area contributed by atoms with Crippen molar-refractivity contribution >= 4 is 11.8 Å². The average molecular weight is 193 g/mol. The van der Waals surface area contributed by atoms with Gasteiger partial charge in [0.25, 0.3) is 0 Å². The number of rotatable bonds is 4. The minimum atomic E-state index is 0.325. The Hall–Kier alpha value is -0.890. The standard InChI is InChI=1S/C11H15NS/c1-3-4-5-6-7-10(2)11-12-8-9-13-11/h4-9,11-12H,2-3H2,1H3/b5-4-,7-6-. The highest BCUT2D eigenvalue weighted by molar-refractivity contribution is 8.03. The van der Waals surface area contributed by atoms with Gasteiger partial charge in [-0.05, 0) is 17.4 Å². The van der Waals surface area contributed by atoms with Crippen LogP contribution in [-0.2, 0) is 0 Å². The summed E-state index contributed by atoms with van der Waals surface area (Å²) in [7, 11) is 0. The molecule has 1 aliphatic rings. The van der Waals surface area contributed by atoms with E-state index >= 15 is 0 Å². The van der Waals surface area contributed by atoms with Crippen molar-refractivity contribution in [2.75, 3.05) is 0 Å². The summed E-state index contributed by atoms with van der Waals surface area (Å²) in [4.78, 5) is 0. The molecule has 2 heteroatoms. The molecule has 0 aromatic carbocycles. The Balaban J connectivity index is 2.32. The molecule has 0 amide bonds. The Kier molecular flexibility index (Phi) is 4.47. The number of thioether (sulfide) groups is 1. The minimum Gasteiger partial charge on any atom is -0.375 e. The van der Waals surface area contributed by atoms with E-state index in [1.54, 1.807) is 11.8 Å². The van der Waals surface area contributed by atoms with E-state index < -0.39 is 0 Å². The molecule has 70 valence electrons. The highest BCUT2D eigenvalue weighted by Crippen LogP contribution is 2.21. The highest BCUT2D eigenvalue weighted by atomic mass is 32.2. The molecule has 0 bridgehead atoms. The van der Waals surface area contributed by atoms with Crippen LogP contribution in [0.4, 0.5) is 0 Å². The van der Waals surface area contributed by atoms with Crippen LogP contribution in [0.1, 0.15) is 13.3 Å². The molecular formula is C11H15NS. The van der Waals surface area contributed by atoms with Gasteiger partial charge in [0.05, 0.1) is 0 Å². The molecule has 1 aliphatic heterocycles. The van der Waals surface area contributed by atoms with Gasteiger partial charge in [-0.2, -0.15) is 0 Å². The number of hydrogen-bond donors (Lipinski definition) is 1. The first kappa shape index (κ1) is 10.2. The Morgan fingerprint density at radius 2 is 2.46 bits per heavy atom. The van der Waals surface area contributed by atoms with Gasteiger partial charge in [0.2, 0.25) is 0 Å². The van der Waals surface area contributed by atoms with E-state index in [-0.39, 0.29) is 0 Å². The van der Waals surface area contributed by atoms with Crippen molar-refractivity contribution in [1.82, 2.24) is 5.32 Å². The molecule has 1 N–H and O–H groups in total. The van der Waals surface area contributed by atoms with E-state index in [0.717, 1.165) is 12.0 Å².